The quantitative estimate of drug-likeness (QED) is 0.0339. The monoisotopic (exact) mass is 772 g/mol. The van der Waals surface area contributed by atoms with Crippen LogP contribution in [0.3, 0.4) is 0 Å². The highest BCUT2D eigenvalue weighted by molar-refractivity contribution is 5.76. The van der Waals surface area contributed by atoms with Crippen molar-refractivity contribution in [1.82, 2.24) is 5.32 Å². The van der Waals surface area contributed by atoms with E-state index in [1.165, 1.54) is 161 Å². The fourth-order valence-corrected chi connectivity index (χ4v) is 7.69. The molecule has 1 saturated heterocycles. The zero-order chi connectivity index (χ0) is 39.5. The number of nitrogens with one attached hydrogen (secondary N) is 1. The third kappa shape index (κ3) is 26.9. The third-order valence-electron chi connectivity index (χ3n) is 11.5. The van der Waals surface area contributed by atoms with Gasteiger partial charge in [-0.25, -0.2) is 0 Å². The van der Waals surface area contributed by atoms with E-state index in [1.54, 1.807) is 0 Å². The van der Waals surface area contributed by atoms with E-state index in [0.29, 0.717) is 12.8 Å². The Morgan fingerprint density at radius 2 is 0.926 bits per heavy atom. The Bertz CT molecular complexity index is 817. The molecule has 1 fully saturated rings. The summed E-state index contributed by atoms with van der Waals surface area (Å²) in [6.45, 7) is 3.82. The molecule has 0 aromatic rings. The molecule has 9 heteroatoms. The van der Waals surface area contributed by atoms with Crippen LogP contribution < -0.4 is 5.32 Å². The van der Waals surface area contributed by atoms with Crippen molar-refractivity contribution in [2.45, 2.75) is 269 Å². The highest BCUT2D eigenvalue weighted by Gasteiger charge is 2.44. The molecule has 1 amide bonds. The number of ether oxygens (including phenoxy) is 2. The van der Waals surface area contributed by atoms with Crippen molar-refractivity contribution in [3.63, 3.8) is 0 Å². The summed E-state index contributed by atoms with van der Waals surface area (Å²) >= 11 is 0. The molecule has 9 nitrogen and oxygen atoms in total. The van der Waals surface area contributed by atoms with Crippen molar-refractivity contribution in [2.75, 3.05) is 13.2 Å². The molecule has 0 spiro atoms. The SMILES string of the molecule is CCCCCCCCCCCCCCCCCCCCCCCCC(O)C(COC1OC(CO)C(O)C(O)C1O)NC(=O)CCCCCCCCCCC. The van der Waals surface area contributed by atoms with Crippen LogP contribution in [-0.2, 0) is 14.3 Å². The van der Waals surface area contributed by atoms with Gasteiger partial charge in [-0.2, -0.15) is 0 Å². The molecule has 0 aliphatic carbocycles. The first-order valence-electron chi connectivity index (χ1n) is 23.2. The number of carbonyl (C=O) groups is 1. The predicted octanol–water partition coefficient (Wildman–Crippen LogP) is 9.56. The molecule has 7 unspecified atom stereocenters. The highest BCUT2D eigenvalue weighted by atomic mass is 16.7. The number of hydrogen-bond donors (Lipinski definition) is 6. The molecular weight excluding hydrogens is 682 g/mol. The van der Waals surface area contributed by atoms with Gasteiger partial charge >= 0.3 is 0 Å². The van der Waals surface area contributed by atoms with Crippen molar-refractivity contribution in [1.29, 1.82) is 0 Å². The standard InChI is InChI=1S/C45H89NO8/c1-3-5-7-9-11-13-14-15-16-17-18-19-20-21-22-23-24-25-27-28-30-32-34-39(48)38(37-53-45-44(52)43(51)42(50)40(36-47)54-45)46-41(49)35-33-31-29-26-12-10-8-6-4-2/h38-40,42-45,47-48,50-52H,3-37H2,1-2H3,(H,46,49). The second kappa shape index (κ2) is 36.5. The molecule has 1 aliphatic heterocycles. The number of amides is 1. The molecule has 1 heterocycles. The van der Waals surface area contributed by atoms with Gasteiger partial charge in [0.1, 0.15) is 24.4 Å². The molecule has 0 aromatic carbocycles. The minimum atomic E-state index is -1.55. The van der Waals surface area contributed by atoms with Gasteiger partial charge in [-0.1, -0.05) is 206 Å². The summed E-state index contributed by atoms with van der Waals surface area (Å²) in [5.41, 5.74) is 0. The van der Waals surface area contributed by atoms with Gasteiger partial charge in [-0.15, -0.1) is 0 Å². The summed E-state index contributed by atoms with van der Waals surface area (Å²) in [5, 5.41) is 54.2. The van der Waals surface area contributed by atoms with Gasteiger partial charge in [0.2, 0.25) is 5.91 Å². The van der Waals surface area contributed by atoms with Crippen LogP contribution in [0, 0.1) is 0 Å². The molecule has 0 saturated carbocycles. The van der Waals surface area contributed by atoms with E-state index in [0.717, 1.165) is 38.5 Å². The van der Waals surface area contributed by atoms with Crippen molar-refractivity contribution in [3.8, 4) is 0 Å². The predicted molar refractivity (Wildman–Crippen MR) is 221 cm³/mol. The summed E-state index contributed by atoms with van der Waals surface area (Å²) in [6.07, 6.45) is 32.7. The second-order valence-electron chi connectivity index (χ2n) is 16.6. The van der Waals surface area contributed by atoms with E-state index in [9.17, 15) is 30.3 Å². The molecule has 1 rings (SSSR count). The van der Waals surface area contributed by atoms with Gasteiger partial charge in [-0.3, -0.25) is 4.79 Å². The number of aliphatic hydroxyl groups is 5. The first-order chi connectivity index (χ1) is 26.3. The van der Waals surface area contributed by atoms with Crippen molar-refractivity contribution >= 4 is 5.91 Å². The highest BCUT2D eigenvalue weighted by Crippen LogP contribution is 2.23. The van der Waals surface area contributed by atoms with Gasteiger partial charge < -0.3 is 40.3 Å². The summed E-state index contributed by atoms with van der Waals surface area (Å²) in [6, 6.07) is -0.710. The van der Waals surface area contributed by atoms with Crippen LogP contribution in [-0.4, -0.2) is 87.5 Å². The Labute approximate surface area is 332 Å². The maximum absolute atomic E-state index is 12.9. The normalized spacial score (nSPS) is 21.4. The lowest BCUT2D eigenvalue weighted by molar-refractivity contribution is -0.302. The first-order valence-corrected chi connectivity index (χ1v) is 23.2. The largest absolute Gasteiger partial charge is 0.394 e. The van der Waals surface area contributed by atoms with Gasteiger partial charge in [-0.05, 0) is 12.8 Å². The lowest BCUT2D eigenvalue weighted by atomic mass is 9.99. The molecule has 0 bridgehead atoms. The molecule has 322 valence electrons. The molecule has 0 radical (unpaired) electrons. The average molecular weight is 772 g/mol. The van der Waals surface area contributed by atoms with Crippen LogP contribution >= 0.6 is 0 Å². The Kier molecular flexibility index (Phi) is 34.6. The van der Waals surface area contributed by atoms with Crippen molar-refractivity contribution < 1.29 is 39.8 Å². The van der Waals surface area contributed by atoms with E-state index >= 15 is 0 Å². The fourth-order valence-electron chi connectivity index (χ4n) is 7.69. The number of unbranched alkanes of at least 4 members (excludes halogenated alkanes) is 29. The van der Waals surface area contributed by atoms with Crippen LogP contribution in [0.2, 0.25) is 0 Å². The summed E-state index contributed by atoms with van der Waals surface area (Å²) in [4.78, 5) is 12.9. The van der Waals surface area contributed by atoms with E-state index in [1.807, 2.05) is 0 Å². The summed E-state index contributed by atoms with van der Waals surface area (Å²) < 4.78 is 11.2. The fraction of sp³-hybridized carbons (Fsp3) is 0.978. The number of rotatable bonds is 39. The Hall–Kier alpha value is -0.810. The summed E-state index contributed by atoms with van der Waals surface area (Å²) in [5.74, 6) is -0.145. The topological polar surface area (TPSA) is 149 Å². The van der Waals surface area contributed by atoms with E-state index in [4.69, 9.17) is 9.47 Å². The average Bonchev–Trinajstić information content (AvgIpc) is 3.17. The zero-order valence-electron chi connectivity index (χ0n) is 35.3. The number of aliphatic hydroxyl groups excluding tert-OH is 5. The summed E-state index contributed by atoms with van der Waals surface area (Å²) in [7, 11) is 0. The number of hydrogen-bond acceptors (Lipinski definition) is 8. The first kappa shape index (κ1) is 51.2. The Morgan fingerprint density at radius 3 is 1.31 bits per heavy atom. The Morgan fingerprint density at radius 1 is 0.556 bits per heavy atom. The third-order valence-corrected chi connectivity index (χ3v) is 11.5. The van der Waals surface area contributed by atoms with Gasteiger partial charge in [0.15, 0.2) is 6.29 Å². The molecular formula is C45H89NO8. The van der Waals surface area contributed by atoms with E-state index < -0.39 is 49.5 Å². The van der Waals surface area contributed by atoms with Gasteiger partial charge in [0.25, 0.3) is 0 Å². The van der Waals surface area contributed by atoms with E-state index in [-0.39, 0.29) is 12.5 Å². The molecule has 54 heavy (non-hydrogen) atoms. The van der Waals surface area contributed by atoms with Crippen LogP contribution in [0.15, 0.2) is 0 Å². The molecule has 1 aliphatic rings. The van der Waals surface area contributed by atoms with Crippen LogP contribution in [0.1, 0.15) is 226 Å². The van der Waals surface area contributed by atoms with Gasteiger partial charge in [0, 0.05) is 6.42 Å². The lowest BCUT2D eigenvalue weighted by Crippen LogP contribution is -2.60. The van der Waals surface area contributed by atoms with Crippen LogP contribution in [0.25, 0.3) is 0 Å². The lowest BCUT2D eigenvalue weighted by Gasteiger charge is -2.40. The van der Waals surface area contributed by atoms with Gasteiger partial charge in [0.05, 0.1) is 25.4 Å². The van der Waals surface area contributed by atoms with E-state index in [2.05, 4.69) is 19.2 Å². The smallest absolute Gasteiger partial charge is 0.220 e. The maximum atomic E-state index is 12.9. The second-order valence-corrected chi connectivity index (χ2v) is 16.6. The minimum Gasteiger partial charge on any atom is -0.394 e. The molecule has 0 aromatic heterocycles. The minimum absolute atomic E-state index is 0.132. The van der Waals surface area contributed by atoms with Crippen LogP contribution in [0.5, 0.6) is 0 Å². The van der Waals surface area contributed by atoms with Crippen molar-refractivity contribution in [2.24, 2.45) is 0 Å². The van der Waals surface area contributed by atoms with Crippen LogP contribution in [0.4, 0.5) is 0 Å². The zero-order valence-corrected chi connectivity index (χ0v) is 35.3. The van der Waals surface area contributed by atoms with Crippen molar-refractivity contribution in [3.05, 3.63) is 0 Å². The maximum Gasteiger partial charge on any atom is 0.220 e. The Balaban J connectivity index is 2.23. The molecule has 7 atom stereocenters. The number of carbonyl (C=O) groups excluding carboxylic acids is 1. The molecule has 6 N–H and O–H groups in total.